The summed E-state index contributed by atoms with van der Waals surface area (Å²) < 4.78 is 5.92. The summed E-state index contributed by atoms with van der Waals surface area (Å²) in [5, 5.41) is 33.2. The third kappa shape index (κ3) is 1.50. The molecule has 1 aromatic carbocycles. The number of aliphatic hydroxyl groups excluding tert-OH is 1. The molecule has 0 aromatic heterocycles. The molecule has 0 unspecified atom stereocenters. The number of aliphatic hydroxyl groups is 2. The largest absolute Gasteiger partial charge is 0.504 e. The van der Waals surface area contributed by atoms with Crippen LogP contribution in [0.3, 0.4) is 0 Å². The highest BCUT2D eigenvalue weighted by atomic mass is 16.5. The molecule has 2 heterocycles. The van der Waals surface area contributed by atoms with E-state index in [1.165, 1.54) is 6.07 Å². The number of likely N-dealkylation sites (tertiary alicyclic amines) is 1. The van der Waals surface area contributed by atoms with Crippen LogP contribution in [0, 0.1) is 0 Å². The van der Waals surface area contributed by atoms with Gasteiger partial charge in [-0.1, -0.05) is 12.1 Å². The Kier molecular flexibility index (Phi) is 2.85. The van der Waals surface area contributed by atoms with Crippen LogP contribution in [0.15, 0.2) is 24.8 Å². The molecule has 25 heavy (non-hydrogen) atoms. The van der Waals surface area contributed by atoms with Crippen LogP contribution in [0.1, 0.15) is 36.5 Å². The predicted octanol–water partition coefficient (Wildman–Crippen LogP) is 0.792. The fourth-order valence-electron chi connectivity index (χ4n) is 5.86. The van der Waals surface area contributed by atoms with Crippen molar-refractivity contribution in [2.24, 2.45) is 0 Å². The van der Waals surface area contributed by atoms with Gasteiger partial charge in [-0.3, -0.25) is 9.69 Å². The van der Waals surface area contributed by atoms with Gasteiger partial charge in [0.2, 0.25) is 0 Å². The zero-order chi connectivity index (χ0) is 17.6. The van der Waals surface area contributed by atoms with Gasteiger partial charge in [0.05, 0.1) is 23.2 Å². The average molecular weight is 343 g/mol. The fraction of sp³-hybridized carbons (Fsp3) is 0.526. The van der Waals surface area contributed by atoms with Crippen molar-refractivity contribution >= 4 is 5.78 Å². The number of aromatic hydroxyl groups is 1. The minimum atomic E-state index is -1.28. The number of hydrogen-bond acceptors (Lipinski definition) is 6. The Morgan fingerprint density at radius 3 is 2.96 bits per heavy atom. The van der Waals surface area contributed by atoms with Gasteiger partial charge in [-0.2, -0.15) is 0 Å². The maximum atomic E-state index is 12.7. The Morgan fingerprint density at radius 1 is 1.40 bits per heavy atom. The molecule has 6 nitrogen and oxygen atoms in total. The van der Waals surface area contributed by atoms with Crippen molar-refractivity contribution in [3.63, 3.8) is 0 Å². The molecule has 6 heteroatoms. The highest BCUT2D eigenvalue weighted by Gasteiger charge is 2.74. The van der Waals surface area contributed by atoms with Gasteiger partial charge in [0, 0.05) is 25.1 Å². The molecule has 3 N–H and O–H groups in total. The van der Waals surface area contributed by atoms with Gasteiger partial charge in [0.15, 0.2) is 23.4 Å². The van der Waals surface area contributed by atoms with Gasteiger partial charge >= 0.3 is 0 Å². The molecular weight excluding hydrogens is 322 g/mol. The standard InChI is InChI=1S/C19H21NO5/c1-2-8-20-9-7-18-13-10-3-4-11(21)15(13)25-17(18)12(22)5-6-19(18,24)16(20)14(10)23/h2-4,14,16-17,21,23-24H,1,5-9H2/t14-,16-,17+,18+,19-/m1/s1. The molecule has 0 radical (unpaired) electrons. The number of hydrogen-bond donors (Lipinski definition) is 3. The number of phenolic OH excluding ortho intramolecular Hbond substituents is 1. The maximum absolute atomic E-state index is 12.7. The van der Waals surface area contributed by atoms with Crippen LogP contribution in [0.4, 0.5) is 0 Å². The third-order valence-corrected chi connectivity index (χ3v) is 6.77. The lowest BCUT2D eigenvalue weighted by Crippen LogP contribution is -2.77. The third-order valence-electron chi connectivity index (χ3n) is 6.77. The number of phenols is 1. The zero-order valence-electron chi connectivity index (χ0n) is 13.8. The fourth-order valence-corrected chi connectivity index (χ4v) is 5.86. The van der Waals surface area contributed by atoms with Gasteiger partial charge in [0.25, 0.3) is 0 Å². The van der Waals surface area contributed by atoms with Crippen molar-refractivity contribution in [2.45, 2.75) is 48.5 Å². The lowest BCUT2D eigenvalue weighted by atomic mass is 9.48. The van der Waals surface area contributed by atoms with E-state index >= 15 is 0 Å². The van der Waals surface area contributed by atoms with E-state index in [-0.39, 0.29) is 30.1 Å². The second-order valence-electron chi connectivity index (χ2n) is 7.66. The normalized spacial score (nSPS) is 41.2. The summed E-state index contributed by atoms with van der Waals surface area (Å²) in [5.74, 6) is 0.168. The van der Waals surface area contributed by atoms with Crippen molar-refractivity contribution in [1.82, 2.24) is 4.90 Å². The summed E-state index contributed by atoms with van der Waals surface area (Å²) in [6, 6.07) is 2.66. The summed E-state index contributed by atoms with van der Waals surface area (Å²) in [6.45, 7) is 4.97. The monoisotopic (exact) mass is 343 g/mol. The number of nitrogens with zero attached hydrogens (tertiary/aromatic N) is 1. The molecular formula is C19H21NO5. The van der Waals surface area contributed by atoms with E-state index in [1.54, 1.807) is 12.1 Å². The summed E-state index contributed by atoms with van der Waals surface area (Å²) in [4.78, 5) is 14.7. The molecule has 5 rings (SSSR count). The molecule has 1 saturated heterocycles. The quantitative estimate of drug-likeness (QED) is 0.688. The van der Waals surface area contributed by atoms with Crippen LogP contribution in [0.25, 0.3) is 0 Å². The van der Waals surface area contributed by atoms with Crippen LogP contribution < -0.4 is 4.74 Å². The molecule has 0 amide bonds. The van der Waals surface area contributed by atoms with E-state index in [0.29, 0.717) is 30.6 Å². The molecule has 2 bridgehead atoms. The summed E-state index contributed by atoms with van der Waals surface area (Å²) in [7, 11) is 0. The highest BCUT2D eigenvalue weighted by Crippen LogP contribution is 2.66. The topological polar surface area (TPSA) is 90.2 Å². The van der Waals surface area contributed by atoms with Gasteiger partial charge in [-0.15, -0.1) is 6.58 Å². The molecule has 4 aliphatic rings. The van der Waals surface area contributed by atoms with Gasteiger partial charge in [-0.05, 0) is 24.5 Å². The Labute approximate surface area is 145 Å². The van der Waals surface area contributed by atoms with E-state index in [1.807, 2.05) is 4.90 Å². The van der Waals surface area contributed by atoms with Crippen LogP contribution in [-0.4, -0.2) is 56.8 Å². The number of carbonyl (C=O) groups excluding carboxylic acids is 1. The molecule has 5 atom stereocenters. The first-order valence-electron chi connectivity index (χ1n) is 8.77. The number of carbonyl (C=O) groups is 1. The maximum Gasteiger partial charge on any atom is 0.174 e. The molecule has 1 saturated carbocycles. The first kappa shape index (κ1) is 15.4. The molecule has 2 aliphatic carbocycles. The smallest absolute Gasteiger partial charge is 0.174 e. The van der Waals surface area contributed by atoms with Crippen molar-refractivity contribution in [1.29, 1.82) is 0 Å². The molecule has 132 valence electrons. The Balaban J connectivity index is 1.83. The van der Waals surface area contributed by atoms with E-state index in [0.717, 1.165) is 0 Å². The van der Waals surface area contributed by atoms with Crippen LogP contribution in [-0.2, 0) is 10.2 Å². The van der Waals surface area contributed by atoms with Crippen molar-refractivity contribution in [2.75, 3.05) is 13.1 Å². The molecule has 1 aromatic rings. The molecule has 2 aliphatic heterocycles. The number of rotatable bonds is 2. The number of piperidine rings is 1. The number of benzene rings is 1. The second-order valence-corrected chi connectivity index (χ2v) is 7.66. The van der Waals surface area contributed by atoms with Gasteiger partial charge in [0.1, 0.15) is 0 Å². The van der Waals surface area contributed by atoms with Crippen molar-refractivity contribution in [3.8, 4) is 11.5 Å². The highest BCUT2D eigenvalue weighted by molar-refractivity contribution is 5.90. The van der Waals surface area contributed by atoms with Gasteiger partial charge in [-0.25, -0.2) is 0 Å². The minimum Gasteiger partial charge on any atom is -0.504 e. The summed E-state index contributed by atoms with van der Waals surface area (Å²) in [6.07, 6.45) is 1.09. The average Bonchev–Trinajstić information content (AvgIpc) is 2.94. The van der Waals surface area contributed by atoms with Crippen molar-refractivity contribution in [3.05, 3.63) is 35.9 Å². The lowest BCUT2D eigenvalue weighted by molar-refractivity contribution is -0.209. The molecule has 1 spiro atoms. The predicted molar refractivity (Wildman–Crippen MR) is 88.5 cm³/mol. The van der Waals surface area contributed by atoms with E-state index in [2.05, 4.69) is 6.58 Å². The summed E-state index contributed by atoms with van der Waals surface area (Å²) in [5.41, 5.74) is -0.894. The van der Waals surface area contributed by atoms with Crippen LogP contribution in [0.2, 0.25) is 0 Å². The van der Waals surface area contributed by atoms with E-state index in [4.69, 9.17) is 4.74 Å². The van der Waals surface area contributed by atoms with Gasteiger partial charge < -0.3 is 20.1 Å². The zero-order valence-corrected chi connectivity index (χ0v) is 13.8. The van der Waals surface area contributed by atoms with Crippen LogP contribution in [0.5, 0.6) is 11.5 Å². The van der Waals surface area contributed by atoms with E-state index in [9.17, 15) is 20.1 Å². The lowest BCUT2D eigenvalue weighted by Gasteiger charge is -2.63. The first-order chi connectivity index (χ1) is 12.0. The van der Waals surface area contributed by atoms with Crippen LogP contribution >= 0.6 is 0 Å². The Bertz CT molecular complexity index is 807. The Hall–Kier alpha value is -1.89. The minimum absolute atomic E-state index is 0.0430. The second kappa shape index (κ2) is 4.63. The first-order valence-corrected chi connectivity index (χ1v) is 8.77. The SMILES string of the molecule is C=CCN1CC[C@]23c4c5ccc(O)c4O[C@H]2C(=O)CC[C@@]3(O)[C@H]1[C@@H]5O. The number of ketones is 1. The number of Topliss-reactive ketones (excluding diaryl/α,β-unsaturated/α-hetero) is 1. The van der Waals surface area contributed by atoms with E-state index < -0.39 is 29.3 Å². The Morgan fingerprint density at radius 2 is 2.20 bits per heavy atom. The summed E-state index contributed by atoms with van der Waals surface area (Å²) >= 11 is 0. The molecule has 2 fully saturated rings. The van der Waals surface area contributed by atoms with Crippen molar-refractivity contribution < 1.29 is 24.9 Å². The number of ether oxygens (including phenoxy) is 1.